The van der Waals surface area contributed by atoms with Crippen LogP contribution >= 0.6 is 11.5 Å². The minimum Gasteiger partial charge on any atom is -0.297 e. The van der Waals surface area contributed by atoms with E-state index in [2.05, 4.69) is 14.7 Å². The Bertz CT molecular complexity index is 472. The quantitative estimate of drug-likeness (QED) is 0.846. The van der Waals surface area contributed by atoms with Crippen molar-refractivity contribution in [1.29, 1.82) is 0 Å². The van der Waals surface area contributed by atoms with Gasteiger partial charge in [0.15, 0.2) is 0 Å². The van der Waals surface area contributed by atoms with Crippen LogP contribution in [0.3, 0.4) is 0 Å². The van der Waals surface area contributed by atoms with E-state index in [9.17, 15) is 9.18 Å². The Kier molecular flexibility index (Phi) is 2.68. The molecule has 4 nitrogen and oxygen atoms in total. The topological polar surface area (TPSA) is 54.9 Å². The van der Waals surface area contributed by atoms with E-state index in [4.69, 9.17) is 0 Å². The second-order valence-electron chi connectivity index (χ2n) is 2.68. The molecule has 1 aromatic heterocycles. The second kappa shape index (κ2) is 4.14. The highest BCUT2D eigenvalue weighted by atomic mass is 32.1. The van der Waals surface area contributed by atoms with Gasteiger partial charge in [0.2, 0.25) is 5.13 Å². The first-order valence-corrected chi connectivity index (χ1v) is 4.87. The van der Waals surface area contributed by atoms with Gasteiger partial charge in [-0.25, -0.2) is 9.37 Å². The average Bonchev–Trinajstić information content (AvgIpc) is 2.71. The van der Waals surface area contributed by atoms with E-state index < -0.39 is 11.7 Å². The van der Waals surface area contributed by atoms with Crippen LogP contribution in [-0.2, 0) is 0 Å². The van der Waals surface area contributed by atoms with E-state index >= 15 is 0 Å². The third-order valence-corrected chi connectivity index (χ3v) is 2.28. The van der Waals surface area contributed by atoms with Gasteiger partial charge in [-0.15, -0.1) is 0 Å². The highest BCUT2D eigenvalue weighted by Gasteiger charge is 2.11. The molecule has 2 aromatic rings. The van der Waals surface area contributed by atoms with Gasteiger partial charge in [-0.2, -0.15) is 4.37 Å². The van der Waals surface area contributed by atoms with E-state index in [0.29, 0.717) is 5.13 Å². The third kappa shape index (κ3) is 2.16. The Morgan fingerprint density at radius 3 is 2.87 bits per heavy atom. The average molecular weight is 223 g/mol. The standard InChI is InChI=1S/C9H6FN3OS/c10-7-4-2-1-3-6(7)8(14)13-9-11-5-12-15-9/h1-5H,(H,11,12,13,14). The van der Waals surface area contributed by atoms with E-state index in [1.54, 1.807) is 6.07 Å². The van der Waals surface area contributed by atoms with Crippen molar-refractivity contribution in [2.24, 2.45) is 0 Å². The van der Waals surface area contributed by atoms with Gasteiger partial charge in [0.05, 0.1) is 5.56 Å². The zero-order valence-corrected chi connectivity index (χ0v) is 8.29. The molecule has 0 atom stereocenters. The summed E-state index contributed by atoms with van der Waals surface area (Å²) in [5.74, 6) is -1.08. The molecule has 15 heavy (non-hydrogen) atoms. The van der Waals surface area contributed by atoms with Crippen LogP contribution in [0.2, 0.25) is 0 Å². The van der Waals surface area contributed by atoms with E-state index in [1.165, 1.54) is 24.5 Å². The SMILES string of the molecule is O=C(Nc1ncns1)c1ccccc1F. The van der Waals surface area contributed by atoms with Crippen molar-refractivity contribution in [1.82, 2.24) is 9.36 Å². The number of hydrogen-bond donors (Lipinski definition) is 1. The van der Waals surface area contributed by atoms with Crippen molar-refractivity contribution >= 4 is 22.6 Å². The molecule has 0 spiro atoms. The molecule has 1 amide bonds. The minimum absolute atomic E-state index is 0.00676. The molecule has 0 saturated carbocycles. The fraction of sp³-hybridized carbons (Fsp3) is 0. The molecule has 1 aromatic carbocycles. The lowest BCUT2D eigenvalue weighted by Gasteiger charge is -2.01. The third-order valence-electron chi connectivity index (χ3n) is 1.70. The van der Waals surface area contributed by atoms with Crippen molar-refractivity contribution in [3.63, 3.8) is 0 Å². The van der Waals surface area contributed by atoms with E-state index in [-0.39, 0.29) is 5.56 Å². The van der Waals surface area contributed by atoms with Gasteiger partial charge in [0.1, 0.15) is 12.1 Å². The summed E-state index contributed by atoms with van der Waals surface area (Å²) >= 11 is 1.04. The number of rotatable bonds is 2. The zero-order valence-electron chi connectivity index (χ0n) is 7.48. The largest absolute Gasteiger partial charge is 0.297 e. The fourth-order valence-corrected chi connectivity index (χ4v) is 1.46. The summed E-state index contributed by atoms with van der Waals surface area (Å²) in [7, 11) is 0. The number of nitrogens with zero attached hydrogens (tertiary/aromatic N) is 2. The van der Waals surface area contributed by atoms with Crippen LogP contribution in [0.5, 0.6) is 0 Å². The zero-order chi connectivity index (χ0) is 10.7. The number of hydrogen-bond acceptors (Lipinski definition) is 4. The van der Waals surface area contributed by atoms with Gasteiger partial charge in [-0.05, 0) is 12.1 Å². The van der Waals surface area contributed by atoms with Crippen LogP contribution in [0.1, 0.15) is 10.4 Å². The molecule has 0 aliphatic carbocycles. The molecule has 6 heteroatoms. The first kappa shape index (κ1) is 9.72. The number of anilines is 1. The Morgan fingerprint density at radius 1 is 1.40 bits per heavy atom. The summed E-state index contributed by atoms with van der Waals surface area (Å²) in [6.45, 7) is 0. The van der Waals surface area contributed by atoms with E-state index in [0.717, 1.165) is 11.5 Å². The van der Waals surface area contributed by atoms with Crippen molar-refractivity contribution in [2.45, 2.75) is 0 Å². The van der Waals surface area contributed by atoms with Crippen molar-refractivity contribution in [3.8, 4) is 0 Å². The lowest BCUT2D eigenvalue weighted by atomic mass is 10.2. The normalized spacial score (nSPS) is 9.93. The maximum atomic E-state index is 13.2. The van der Waals surface area contributed by atoms with Gasteiger partial charge in [-0.3, -0.25) is 10.1 Å². The monoisotopic (exact) mass is 223 g/mol. The Hall–Kier alpha value is -1.82. The van der Waals surface area contributed by atoms with Gasteiger partial charge in [0.25, 0.3) is 5.91 Å². The highest BCUT2D eigenvalue weighted by Crippen LogP contribution is 2.11. The molecular weight excluding hydrogens is 217 g/mol. The Balaban J connectivity index is 2.19. The van der Waals surface area contributed by atoms with Crippen LogP contribution in [0.4, 0.5) is 9.52 Å². The molecular formula is C9H6FN3OS. The van der Waals surface area contributed by atoms with Gasteiger partial charge >= 0.3 is 0 Å². The number of amides is 1. The fourth-order valence-electron chi connectivity index (χ4n) is 1.04. The molecule has 0 aliphatic heterocycles. The molecule has 0 aliphatic rings. The van der Waals surface area contributed by atoms with Gasteiger partial charge in [0, 0.05) is 11.5 Å². The summed E-state index contributed by atoms with van der Waals surface area (Å²) < 4.78 is 16.9. The predicted octanol–water partition coefficient (Wildman–Crippen LogP) is 1.93. The summed E-state index contributed by atoms with van der Waals surface area (Å²) in [4.78, 5) is 15.3. The van der Waals surface area contributed by atoms with Crippen LogP contribution in [0.15, 0.2) is 30.6 Å². The van der Waals surface area contributed by atoms with Crippen LogP contribution in [0, 0.1) is 5.82 Å². The predicted molar refractivity (Wildman–Crippen MR) is 54.3 cm³/mol. The van der Waals surface area contributed by atoms with Crippen LogP contribution in [0.25, 0.3) is 0 Å². The number of carbonyl (C=O) groups is 1. The highest BCUT2D eigenvalue weighted by molar-refractivity contribution is 7.09. The number of benzene rings is 1. The number of halogens is 1. The van der Waals surface area contributed by atoms with Gasteiger partial charge in [-0.1, -0.05) is 12.1 Å². The first-order chi connectivity index (χ1) is 7.27. The number of nitrogens with one attached hydrogen (secondary N) is 1. The van der Waals surface area contributed by atoms with Gasteiger partial charge < -0.3 is 0 Å². The molecule has 76 valence electrons. The summed E-state index contributed by atoms with van der Waals surface area (Å²) in [6, 6.07) is 5.76. The van der Waals surface area contributed by atoms with Crippen LogP contribution < -0.4 is 5.32 Å². The van der Waals surface area contributed by atoms with Crippen molar-refractivity contribution in [3.05, 3.63) is 42.0 Å². The van der Waals surface area contributed by atoms with Crippen molar-refractivity contribution < 1.29 is 9.18 Å². The number of aromatic nitrogens is 2. The maximum absolute atomic E-state index is 13.2. The smallest absolute Gasteiger partial charge is 0.260 e. The molecule has 2 rings (SSSR count). The number of carbonyl (C=O) groups excluding carboxylic acids is 1. The Morgan fingerprint density at radius 2 is 2.20 bits per heavy atom. The van der Waals surface area contributed by atoms with Crippen molar-refractivity contribution in [2.75, 3.05) is 5.32 Å². The minimum atomic E-state index is -0.556. The Labute approximate surface area is 89.0 Å². The molecule has 1 N–H and O–H groups in total. The summed E-state index contributed by atoms with van der Waals surface area (Å²) in [6.07, 6.45) is 1.32. The lowest BCUT2D eigenvalue weighted by molar-refractivity contribution is 0.102. The molecule has 0 fully saturated rings. The maximum Gasteiger partial charge on any atom is 0.260 e. The second-order valence-corrected chi connectivity index (χ2v) is 3.46. The lowest BCUT2D eigenvalue weighted by Crippen LogP contribution is -2.13. The molecule has 0 bridgehead atoms. The molecule has 0 radical (unpaired) electrons. The van der Waals surface area contributed by atoms with E-state index in [1.807, 2.05) is 0 Å². The first-order valence-electron chi connectivity index (χ1n) is 4.10. The molecule has 1 heterocycles. The molecule has 0 unspecified atom stereocenters. The summed E-state index contributed by atoms with van der Waals surface area (Å²) in [5, 5.41) is 2.80. The summed E-state index contributed by atoms with van der Waals surface area (Å²) in [5.41, 5.74) is -0.00676. The van der Waals surface area contributed by atoms with Crippen LogP contribution in [-0.4, -0.2) is 15.3 Å². The molecule has 0 saturated heterocycles.